The van der Waals surface area contributed by atoms with Crippen LogP contribution < -0.4 is 4.74 Å². The number of rotatable bonds is 7. The molecule has 1 aliphatic rings. The Morgan fingerprint density at radius 1 is 1.15 bits per heavy atom. The van der Waals surface area contributed by atoms with Crippen molar-refractivity contribution in [3.05, 3.63) is 93.9 Å². The number of aliphatic hydroxyl groups is 1. The number of halogens is 1. The number of benzene rings is 2. The van der Waals surface area contributed by atoms with E-state index in [0.29, 0.717) is 40.2 Å². The predicted molar refractivity (Wildman–Crippen MR) is 130 cm³/mol. The number of Topliss-reactive ketones (excluding diaryl/α,β-unsaturated/α-hetero) is 1. The predicted octanol–water partition coefficient (Wildman–Crippen LogP) is 6.08. The van der Waals surface area contributed by atoms with Gasteiger partial charge in [0.05, 0.1) is 36.1 Å². The van der Waals surface area contributed by atoms with Gasteiger partial charge in [-0.2, -0.15) is 0 Å². The van der Waals surface area contributed by atoms with Crippen LogP contribution >= 0.6 is 11.6 Å². The van der Waals surface area contributed by atoms with E-state index in [-0.39, 0.29) is 17.9 Å². The van der Waals surface area contributed by atoms with E-state index in [4.69, 9.17) is 20.8 Å². The van der Waals surface area contributed by atoms with Gasteiger partial charge in [0.1, 0.15) is 17.3 Å². The first kappa shape index (κ1) is 23.6. The Hall–Kier alpha value is -3.51. The molecule has 1 N–H and O–H groups in total. The van der Waals surface area contributed by atoms with Crippen LogP contribution in [0.15, 0.2) is 70.9 Å². The molecular weight excluding hydrogens is 454 g/mol. The summed E-state index contributed by atoms with van der Waals surface area (Å²) < 4.78 is 10.9. The molecule has 2 aromatic carbocycles. The molecule has 0 spiro atoms. The second-order valence-corrected chi connectivity index (χ2v) is 8.81. The highest BCUT2D eigenvalue weighted by atomic mass is 35.5. The van der Waals surface area contributed by atoms with Gasteiger partial charge in [0.25, 0.3) is 11.7 Å². The standard InChI is InChI=1S/C27H26ClNO5/c1-4-33-22-12-11-19(14-21(22)28)25(30)23-24(18-9-7-17(8-10-18)16(2)3)29(27(32)26(23)31)15-20-6-5-13-34-20/h5-14,16,24,30H,4,15H2,1-3H3. The molecule has 1 atom stereocenters. The summed E-state index contributed by atoms with van der Waals surface area (Å²) in [6.07, 6.45) is 1.51. The molecule has 1 fully saturated rings. The van der Waals surface area contributed by atoms with Gasteiger partial charge in [-0.1, -0.05) is 49.7 Å². The Bertz CT molecular complexity index is 1230. The zero-order chi connectivity index (χ0) is 24.4. The molecule has 6 nitrogen and oxygen atoms in total. The van der Waals surface area contributed by atoms with Crippen molar-refractivity contribution in [1.82, 2.24) is 4.90 Å². The summed E-state index contributed by atoms with van der Waals surface area (Å²) in [6.45, 7) is 6.56. The number of aliphatic hydroxyl groups excluding tert-OH is 1. The maximum Gasteiger partial charge on any atom is 0.296 e. The molecule has 1 aromatic heterocycles. The van der Waals surface area contributed by atoms with Crippen molar-refractivity contribution in [3.8, 4) is 5.75 Å². The number of likely N-dealkylation sites (tertiary alicyclic amines) is 1. The first-order valence-electron chi connectivity index (χ1n) is 11.1. The largest absolute Gasteiger partial charge is 0.507 e. The number of ether oxygens (including phenoxy) is 1. The number of ketones is 1. The van der Waals surface area contributed by atoms with Crippen LogP contribution in [0.1, 0.15) is 55.2 Å². The van der Waals surface area contributed by atoms with Crippen LogP contribution in [0.4, 0.5) is 0 Å². The average Bonchev–Trinajstić information content (AvgIpc) is 3.42. The number of hydrogen-bond donors (Lipinski definition) is 1. The Morgan fingerprint density at radius 2 is 1.88 bits per heavy atom. The first-order valence-corrected chi connectivity index (χ1v) is 11.5. The highest BCUT2D eigenvalue weighted by Crippen LogP contribution is 2.41. The molecule has 1 aliphatic heterocycles. The molecule has 7 heteroatoms. The molecule has 0 aliphatic carbocycles. The molecule has 1 unspecified atom stereocenters. The van der Waals surface area contributed by atoms with E-state index in [2.05, 4.69) is 13.8 Å². The summed E-state index contributed by atoms with van der Waals surface area (Å²) >= 11 is 6.31. The SMILES string of the molecule is CCOc1ccc(C(O)=C2C(=O)C(=O)N(Cc3ccco3)C2c2ccc(C(C)C)cc2)cc1Cl. The summed E-state index contributed by atoms with van der Waals surface area (Å²) in [6, 6.07) is 15.2. The lowest BCUT2D eigenvalue weighted by atomic mass is 9.93. The molecule has 3 aromatic rings. The van der Waals surface area contributed by atoms with Crippen LogP contribution in [-0.4, -0.2) is 28.3 Å². The maximum absolute atomic E-state index is 13.2. The second kappa shape index (κ2) is 9.77. The van der Waals surface area contributed by atoms with Gasteiger partial charge in [0, 0.05) is 5.56 Å². The number of amides is 1. The number of carbonyl (C=O) groups excluding carboxylic acids is 2. The number of furan rings is 1. The number of carbonyl (C=O) groups is 2. The van der Waals surface area contributed by atoms with Gasteiger partial charge in [-0.25, -0.2) is 0 Å². The van der Waals surface area contributed by atoms with Gasteiger partial charge in [-0.15, -0.1) is 0 Å². The molecule has 1 saturated heterocycles. The van der Waals surface area contributed by atoms with Gasteiger partial charge in [0.15, 0.2) is 0 Å². The molecule has 1 amide bonds. The molecule has 0 saturated carbocycles. The normalized spacial score (nSPS) is 17.6. The molecular formula is C27H26ClNO5. The van der Waals surface area contributed by atoms with E-state index in [1.807, 2.05) is 31.2 Å². The highest BCUT2D eigenvalue weighted by molar-refractivity contribution is 6.46. The minimum atomic E-state index is -0.781. The molecule has 0 radical (unpaired) electrons. The van der Waals surface area contributed by atoms with E-state index < -0.39 is 17.7 Å². The van der Waals surface area contributed by atoms with Crippen molar-refractivity contribution in [3.63, 3.8) is 0 Å². The third-order valence-electron chi connectivity index (χ3n) is 5.87. The van der Waals surface area contributed by atoms with Crippen LogP contribution in [0.2, 0.25) is 5.02 Å². The third-order valence-corrected chi connectivity index (χ3v) is 6.17. The van der Waals surface area contributed by atoms with Crippen LogP contribution in [0.3, 0.4) is 0 Å². The van der Waals surface area contributed by atoms with E-state index in [1.165, 1.54) is 17.2 Å². The van der Waals surface area contributed by atoms with Gasteiger partial charge in [0.2, 0.25) is 0 Å². The molecule has 34 heavy (non-hydrogen) atoms. The van der Waals surface area contributed by atoms with Crippen LogP contribution in [0.5, 0.6) is 5.75 Å². The summed E-state index contributed by atoms with van der Waals surface area (Å²) in [4.78, 5) is 27.7. The smallest absolute Gasteiger partial charge is 0.296 e. The average molecular weight is 480 g/mol. The molecule has 4 rings (SSSR count). The van der Waals surface area contributed by atoms with Crippen molar-refractivity contribution in [1.29, 1.82) is 0 Å². The van der Waals surface area contributed by atoms with Crippen molar-refractivity contribution < 1.29 is 23.8 Å². The lowest BCUT2D eigenvalue weighted by molar-refractivity contribution is -0.140. The Kier molecular flexibility index (Phi) is 6.80. The topological polar surface area (TPSA) is 80.0 Å². The fourth-order valence-electron chi connectivity index (χ4n) is 4.10. The quantitative estimate of drug-likeness (QED) is 0.252. The Labute approximate surface area is 203 Å². The molecule has 0 bridgehead atoms. The second-order valence-electron chi connectivity index (χ2n) is 8.41. The van der Waals surface area contributed by atoms with Crippen molar-refractivity contribution in [2.24, 2.45) is 0 Å². The molecule has 176 valence electrons. The van der Waals surface area contributed by atoms with Gasteiger partial charge >= 0.3 is 0 Å². The van der Waals surface area contributed by atoms with Crippen molar-refractivity contribution in [2.75, 3.05) is 6.61 Å². The Balaban J connectivity index is 1.83. The van der Waals surface area contributed by atoms with Gasteiger partial charge in [-0.3, -0.25) is 9.59 Å². The lowest BCUT2D eigenvalue weighted by Crippen LogP contribution is -2.29. The maximum atomic E-state index is 13.2. The summed E-state index contributed by atoms with van der Waals surface area (Å²) in [7, 11) is 0. The fourth-order valence-corrected chi connectivity index (χ4v) is 4.33. The van der Waals surface area contributed by atoms with Crippen LogP contribution in [0, 0.1) is 0 Å². The zero-order valence-corrected chi connectivity index (χ0v) is 20.0. The minimum Gasteiger partial charge on any atom is -0.507 e. The number of nitrogens with zero attached hydrogens (tertiary/aromatic N) is 1. The zero-order valence-electron chi connectivity index (χ0n) is 19.2. The van der Waals surface area contributed by atoms with Gasteiger partial charge < -0.3 is 19.2 Å². The van der Waals surface area contributed by atoms with Gasteiger partial charge in [-0.05, 0) is 54.3 Å². The summed E-state index contributed by atoms with van der Waals surface area (Å²) in [5, 5.41) is 11.5. The third kappa shape index (κ3) is 4.46. The minimum absolute atomic E-state index is 0.00841. The Morgan fingerprint density at radius 3 is 2.47 bits per heavy atom. The van der Waals surface area contributed by atoms with Crippen LogP contribution in [-0.2, 0) is 16.1 Å². The van der Waals surface area contributed by atoms with Crippen molar-refractivity contribution >= 4 is 29.1 Å². The summed E-state index contributed by atoms with van der Waals surface area (Å²) in [5.74, 6) is -0.410. The van der Waals surface area contributed by atoms with Crippen LogP contribution in [0.25, 0.3) is 5.76 Å². The van der Waals surface area contributed by atoms with E-state index in [1.54, 1.807) is 24.3 Å². The fraction of sp³-hybridized carbons (Fsp3) is 0.259. The first-order chi connectivity index (χ1) is 16.3. The van der Waals surface area contributed by atoms with E-state index in [9.17, 15) is 14.7 Å². The monoisotopic (exact) mass is 479 g/mol. The van der Waals surface area contributed by atoms with Crippen molar-refractivity contribution in [2.45, 2.75) is 39.3 Å². The van der Waals surface area contributed by atoms with E-state index >= 15 is 0 Å². The van der Waals surface area contributed by atoms with E-state index in [0.717, 1.165) is 5.56 Å². The summed E-state index contributed by atoms with van der Waals surface area (Å²) in [5.41, 5.74) is 2.18. The molecule has 2 heterocycles. The highest BCUT2D eigenvalue weighted by Gasteiger charge is 2.46. The number of hydrogen-bond acceptors (Lipinski definition) is 5. The lowest BCUT2D eigenvalue weighted by Gasteiger charge is -2.25.